The number of rotatable bonds is 10. The molecule has 2 aromatic carbocycles. The SMILES string of the molecule is COc1cccc(OCC(=O)N(CCCN2CCOCC2)c2nc3c(OC)ccc(C)c3s2)c1. The Kier molecular flexibility index (Phi) is 8.21. The average Bonchev–Trinajstić information content (AvgIpc) is 3.32. The van der Waals surface area contributed by atoms with Gasteiger partial charge in [-0.25, -0.2) is 4.98 Å². The Balaban J connectivity index is 1.52. The second-order valence-corrected chi connectivity index (χ2v) is 9.06. The zero-order valence-electron chi connectivity index (χ0n) is 19.9. The molecule has 4 rings (SSSR count). The summed E-state index contributed by atoms with van der Waals surface area (Å²) in [6.45, 7) is 6.77. The van der Waals surface area contributed by atoms with Crippen LogP contribution in [-0.2, 0) is 9.53 Å². The van der Waals surface area contributed by atoms with Crippen LogP contribution in [0.5, 0.6) is 17.2 Å². The molecular formula is C25H31N3O5S. The second kappa shape index (κ2) is 11.5. The van der Waals surface area contributed by atoms with Crippen molar-refractivity contribution in [1.29, 1.82) is 0 Å². The summed E-state index contributed by atoms with van der Waals surface area (Å²) in [6, 6.07) is 11.2. The number of ether oxygens (including phenoxy) is 4. The van der Waals surface area contributed by atoms with E-state index in [-0.39, 0.29) is 12.5 Å². The number of anilines is 1. The highest BCUT2D eigenvalue weighted by molar-refractivity contribution is 7.22. The third kappa shape index (κ3) is 5.78. The predicted octanol–water partition coefficient (Wildman–Crippen LogP) is 3.76. The molecular weight excluding hydrogens is 454 g/mol. The quantitative estimate of drug-likeness (QED) is 0.433. The Bertz CT molecular complexity index is 1110. The topological polar surface area (TPSA) is 73.4 Å². The number of benzene rings is 2. The van der Waals surface area contributed by atoms with Gasteiger partial charge in [-0.05, 0) is 37.1 Å². The molecule has 1 aromatic heterocycles. The van der Waals surface area contributed by atoms with Crippen molar-refractivity contribution in [1.82, 2.24) is 9.88 Å². The van der Waals surface area contributed by atoms with Crippen LogP contribution in [0.1, 0.15) is 12.0 Å². The maximum Gasteiger partial charge on any atom is 0.266 e. The fraction of sp³-hybridized carbons (Fsp3) is 0.440. The maximum atomic E-state index is 13.3. The van der Waals surface area contributed by atoms with Crippen molar-refractivity contribution in [3.8, 4) is 17.2 Å². The van der Waals surface area contributed by atoms with Crippen LogP contribution in [0, 0.1) is 6.92 Å². The minimum Gasteiger partial charge on any atom is -0.497 e. The molecule has 0 atom stereocenters. The van der Waals surface area contributed by atoms with Gasteiger partial charge in [0, 0.05) is 32.2 Å². The monoisotopic (exact) mass is 485 g/mol. The van der Waals surface area contributed by atoms with E-state index in [1.807, 2.05) is 37.3 Å². The number of nitrogens with zero attached hydrogens (tertiary/aromatic N) is 3. The molecule has 3 aromatic rings. The number of carbonyl (C=O) groups excluding carboxylic acids is 1. The van der Waals surface area contributed by atoms with Gasteiger partial charge in [0.05, 0.1) is 32.1 Å². The molecule has 0 aliphatic carbocycles. The van der Waals surface area contributed by atoms with E-state index in [1.54, 1.807) is 25.2 Å². The van der Waals surface area contributed by atoms with Crippen molar-refractivity contribution >= 4 is 32.6 Å². The fourth-order valence-electron chi connectivity index (χ4n) is 3.90. The number of amides is 1. The molecule has 9 heteroatoms. The van der Waals surface area contributed by atoms with E-state index in [9.17, 15) is 4.79 Å². The molecule has 0 unspecified atom stereocenters. The smallest absolute Gasteiger partial charge is 0.266 e. The Hall–Kier alpha value is -2.88. The number of fused-ring (bicyclic) bond motifs is 1. The fourth-order valence-corrected chi connectivity index (χ4v) is 4.99. The van der Waals surface area contributed by atoms with Crippen LogP contribution in [0.25, 0.3) is 10.2 Å². The first-order chi connectivity index (χ1) is 16.6. The van der Waals surface area contributed by atoms with Crippen LogP contribution in [0.2, 0.25) is 0 Å². The summed E-state index contributed by atoms with van der Waals surface area (Å²) in [5.74, 6) is 1.83. The molecule has 34 heavy (non-hydrogen) atoms. The van der Waals surface area contributed by atoms with E-state index < -0.39 is 0 Å². The Morgan fingerprint density at radius 1 is 1.15 bits per heavy atom. The summed E-state index contributed by atoms with van der Waals surface area (Å²) >= 11 is 1.51. The molecule has 0 bridgehead atoms. The third-order valence-corrected chi connectivity index (χ3v) is 7.02. The molecule has 182 valence electrons. The predicted molar refractivity (Wildman–Crippen MR) is 134 cm³/mol. The highest BCUT2D eigenvalue weighted by atomic mass is 32.1. The van der Waals surface area contributed by atoms with Crippen LogP contribution in [0.3, 0.4) is 0 Å². The summed E-state index contributed by atoms with van der Waals surface area (Å²) in [5, 5.41) is 0.656. The van der Waals surface area contributed by atoms with Gasteiger partial charge in [0.1, 0.15) is 22.8 Å². The minimum absolute atomic E-state index is 0.0865. The summed E-state index contributed by atoms with van der Waals surface area (Å²) < 4.78 is 23.0. The van der Waals surface area contributed by atoms with Gasteiger partial charge in [-0.3, -0.25) is 14.6 Å². The molecule has 0 spiro atoms. The number of thiazole rings is 1. The largest absolute Gasteiger partial charge is 0.497 e. The van der Waals surface area contributed by atoms with Crippen LogP contribution >= 0.6 is 11.3 Å². The van der Waals surface area contributed by atoms with Crippen molar-refractivity contribution in [3.63, 3.8) is 0 Å². The minimum atomic E-state index is -0.138. The molecule has 0 radical (unpaired) electrons. The van der Waals surface area contributed by atoms with Crippen LogP contribution in [-0.4, -0.2) is 76.0 Å². The number of morpholine rings is 1. The number of hydrogen-bond acceptors (Lipinski definition) is 8. The first-order valence-corrected chi connectivity index (χ1v) is 12.2. The van der Waals surface area contributed by atoms with E-state index in [1.165, 1.54) is 11.3 Å². The Morgan fingerprint density at radius 2 is 1.94 bits per heavy atom. The average molecular weight is 486 g/mol. The van der Waals surface area contributed by atoms with E-state index in [2.05, 4.69) is 4.90 Å². The van der Waals surface area contributed by atoms with Crippen molar-refractivity contribution in [2.24, 2.45) is 0 Å². The van der Waals surface area contributed by atoms with E-state index in [0.29, 0.717) is 28.9 Å². The summed E-state index contributed by atoms with van der Waals surface area (Å²) in [6.07, 6.45) is 0.830. The number of aromatic nitrogens is 1. The van der Waals surface area contributed by atoms with Crippen molar-refractivity contribution in [2.45, 2.75) is 13.3 Å². The van der Waals surface area contributed by atoms with Gasteiger partial charge < -0.3 is 18.9 Å². The summed E-state index contributed by atoms with van der Waals surface area (Å²) in [4.78, 5) is 22.3. The molecule has 2 heterocycles. The second-order valence-electron chi connectivity index (χ2n) is 8.08. The van der Waals surface area contributed by atoms with Crippen molar-refractivity contribution in [3.05, 3.63) is 42.0 Å². The van der Waals surface area contributed by atoms with E-state index >= 15 is 0 Å². The Labute approximate surface area is 204 Å². The lowest BCUT2D eigenvalue weighted by Crippen LogP contribution is -2.40. The van der Waals surface area contributed by atoms with Gasteiger partial charge in [0.2, 0.25) is 0 Å². The van der Waals surface area contributed by atoms with Gasteiger partial charge >= 0.3 is 0 Å². The number of hydrogen-bond donors (Lipinski definition) is 0. The molecule has 1 aliphatic rings. The van der Waals surface area contributed by atoms with Gasteiger partial charge in [0.15, 0.2) is 11.7 Å². The van der Waals surface area contributed by atoms with Gasteiger partial charge in [-0.2, -0.15) is 0 Å². The number of carbonyl (C=O) groups is 1. The number of aryl methyl sites for hydroxylation is 1. The zero-order chi connectivity index (χ0) is 23.9. The highest BCUT2D eigenvalue weighted by Gasteiger charge is 2.23. The van der Waals surface area contributed by atoms with E-state index in [4.69, 9.17) is 23.9 Å². The molecule has 1 aliphatic heterocycles. The normalized spacial score (nSPS) is 14.2. The zero-order valence-corrected chi connectivity index (χ0v) is 20.7. The van der Waals surface area contributed by atoms with Crippen LogP contribution in [0.4, 0.5) is 5.13 Å². The van der Waals surface area contributed by atoms with Gasteiger partial charge in [-0.1, -0.05) is 23.5 Å². The Morgan fingerprint density at radius 3 is 2.71 bits per heavy atom. The molecule has 8 nitrogen and oxygen atoms in total. The maximum absolute atomic E-state index is 13.3. The molecule has 0 N–H and O–H groups in total. The van der Waals surface area contributed by atoms with Gasteiger partial charge in [-0.15, -0.1) is 0 Å². The van der Waals surface area contributed by atoms with E-state index in [0.717, 1.165) is 55.0 Å². The lowest BCUT2D eigenvalue weighted by molar-refractivity contribution is -0.120. The molecule has 0 saturated carbocycles. The summed E-state index contributed by atoms with van der Waals surface area (Å²) in [5.41, 5.74) is 1.88. The van der Waals surface area contributed by atoms with Crippen molar-refractivity contribution in [2.75, 3.05) is 65.1 Å². The van der Waals surface area contributed by atoms with Gasteiger partial charge in [0.25, 0.3) is 5.91 Å². The lowest BCUT2D eigenvalue weighted by Gasteiger charge is -2.27. The standard InChI is InChI=1S/C25H31N3O5S/c1-18-8-9-21(31-3)23-24(18)34-25(26-23)28(11-5-10-27-12-14-32-15-13-27)22(29)17-33-20-7-4-6-19(16-20)30-2/h4,6-9,16H,5,10-15,17H2,1-3H3. The molecule has 1 saturated heterocycles. The highest BCUT2D eigenvalue weighted by Crippen LogP contribution is 2.36. The number of methoxy groups -OCH3 is 2. The molecule has 1 fully saturated rings. The van der Waals surface area contributed by atoms with Crippen LogP contribution in [0.15, 0.2) is 36.4 Å². The summed E-state index contributed by atoms with van der Waals surface area (Å²) in [7, 11) is 3.24. The lowest BCUT2D eigenvalue weighted by atomic mass is 10.2. The molecule has 1 amide bonds. The first-order valence-electron chi connectivity index (χ1n) is 11.4. The van der Waals surface area contributed by atoms with Crippen molar-refractivity contribution < 1.29 is 23.7 Å². The third-order valence-electron chi connectivity index (χ3n) is 5.81. The first kappa shape index (κ1) is 24.3. The van der Waals surface area contributed by atoms with Crippen LogP contribution < -0.4 is 19.1 Å².